The Kier molecular flexibility index (Phi) is 2.83. The number of fused-ring (bicyclic) bond motifs is 1. The van der Waals surface area contributed by atoms with E-state index in [2.05, 4.69) is 0 Å². The Morgan fingerprint density at radius 1 is 1.21 bits per heavy atom. The maximum atomic E-state index is 11.3. The summed E-state index contributed by atoms with van der Waals surface area (Å²) in [5.74, 6) is 0.362. The van der Waals surface area contributed by atoms with Crippen LogP contribution >= 0.6 is 0 Å². The van der Waals surface area contributed by atoms with E-state index < -0.39 is 12.1 Å². The predicted molar refractivity (Wildman–Crippen MR) is 68.7 cm³/mol. The predicted octanol–water partition coefficient (Wildman–Crippen LogP) is 3.27. The number of furan rings is 1. The van der Waals surface area contributed by atoms with E-state index in [0.29, 0.717) is 17.1 Å². The Balaban J connectivity index is 2.05. The lowest BCUT2D eigenvalue weighted by atomic mass is 10.0. The van der Waals surface area contributed by atoms with Gasteiger partial charge in [0.15, 0.2) is 6.10 Å². The number of benzene rings is 1. The number of carboxylic acid groups (broad SMARTS) is 1. The second-order valence-corrected chi connectivity index (χ2v) is 4.34. The minimum atomic E-state index is -0.933. The first-order valence-electron chi connectivity index (χ1n) is 5.97. The molecule has 2 heterocycles. The molecule has 3 rings (SSSR count). The summed E-state index contributed by atoms with van der Waals surface area (Å²) in [6.07, 6.45) is 3.07. The number of carboxylic acids is 1. The van der Waals surface area contributed by atoms with Gasteiger partial charge < -0.3 is 14.3 Å². The van der Waals surface area contributed by atoms with Gasteiger partial charge in [-0.3, -0.25) is 0 Å². The highest BCUT2D eigenvalue weighted by molar-refractivity contribution is 5.93. The van der Waals surface area contributed by atoms with E-state index in [-0.39, 0.29) is 6.42 Å². The van der Waals surface area contributed by atoms with Gasteiger partial charge in [-0.05, 0) is 24.3 Å². The Labute approximate surface area is 109 Å². The smallest absolute Gasteiger partial charge is 0.331 e. The molecule has 0 fully saturated rings. The molecule has 4 heteroatoms. The summed E-state index contributed by atoms with van der Waals surface area (Å²) in [5.41, 5.74) is 1.08. The van der Waals surface area contributed by atoms with Crippen molar-refractivity contribution in [2.45, 2.75) is 12.5 Å². The van der Waals surface area contributed by atoms with Crippen LogP contribution in [0.15, 0.2) is 52.7 Å². The molecule has 0 aliphatic carbocycles. The maximum absolute atomic E-state index is 11.3. The van der Waals surface area contributed by atoms with Gasteiger partial charge in [0, 0.05) is 17.6 Å². The van der Waals surface area contributed by atoms with Crippen LogP contribution in [0.1, 0.15) is 23.8 Å². The summed E-state index contributed by atoms with van der Waals surface area (Å²) in [6, 6.07) is 10.9. The van der Waals surface area contributed by atoms with E-state index in [0.717, 1.165) is 5.56 Å². The molecule has 4 nitrogen and oxygen atoms in total. The van der Waals surface area contributed by atoms with Crippen LogP contribution in [0.2, 0.25) is 0 Å². The van der Waals surface area contributed by atoms with Gasteiger partial charge in [-0.2, -0.15) is 0 Å². The summed E-state index contributed by atoms with van der Waals surface area (Å²) in [5, 5.41) is 9.25. The first kappa shape index (κ1) is 11.6. The van der Waals surface area contributed by atoms with Gasteiger partial charge in [0.05, 0.1) is 6.26 Å². The second kappa shape index (κ2) is 4.65. The van der Waals surface area contributed by atoms with Crippen molar-refractivity contribution in [2.24, 2.45) is 0 Å². The molecule has 0 radical (unpaired) electrons. The summed E-state index contributed by atoms with van der Waals surface area (Å²) >= 11 is 0. The average molecular weight is 256 g/mol. The molecule has 1 aliphatic heterocycles. The number of para-hydroxylation sites is 1. The molecular formula is C15H12O4. The van der Waals surface area contributed by atoms with E-state index in [9.17, 15) is 9.90 Å². The summed E-state index contributed by atoms with van der Waals surface area (Å²) in [4.78, 5) is 11.3. The van der Waals surface area contributed by atoms with Crippen molar-refractivity contribution in [3.05, 3.63) is 59.6 Å². The van der Waals surface area contributed by atoms with Crippen LogP contribution in [0.4, 0.5) is 0 Å². The van der Waals surface area contributed by atoms with E-state index in [1.165, 1.54) is 0 Å². The molecule has 96 valence electrons. The van der Waals surface area contributed by atoms with Crippen LogP contribution < -0.4 is 4.74 Å². The largest absolute Gasteiger partial charge is 0.482 e. The van der Waals surface area contributed by atoms with E-state index in [1.807, 2.05) is 24.3 Å². The van der Waals surface area contributed by atoms with Gasteiger partial charge in [0.25, 0.3) is 0 Å². The van der Waals surface area contributed by atoms with E-state index in [1.54, 1.807) is 24.5 Å². The van der Waals surface area contributed by atoms with Gasteiger partial charge in [-0.15, -0.1) is 0 Å². The van der Waals surface area contributed by atoms with Gasteiger partial charge >= 0.3 is 5.97 Å². The molecule has 1 atom stereocenters. The zero-order chi connectivity index (χ0) is 13.2. The third-order valence-electron chi connectivity index (χ3n) is 3.06. The van der Waals surface area contributed by atoms with Crippen LogP contribution in [-0.4, -0.2) is 11.1 Å². The summed E-state index contributed by atoms with van der Waals surface area (Å²) in [7, 11) is 0. The Morgan fingerprint density at radius 3 is 2.79 bits per heavy atom. The first-order valence-corrected chi connectivity index (χ1v) is 5.97. The molecule has 1 aromatic carbocycles. The van der Waals surface area contributed by atoms with Crippen LogP contribution in [0.3, 0.4) is 0 Å². The SMILES string of the molecule is O=C(O)C1=Cc2ccccc2OC(c2ccco2)C1. The van der Waals surface area contributed by atoms with Crippen molar-refractivity contribution in [2.75, 3.05) is 0 Å². The molecule has 1 N–H and O–H groups in total. The maximum Gasteiger partial charge on any atom is 0.331 e. The van der Waals surface area contributed by atoms with Crippen molar-refractivity contribution in [3.63, 3.8) is 0 Å². The van der Waals surface area contributed by atoms with Crippen LogP contribution in [0.25, 0.3) is 6.08 Å². The fourth-order valence-electron chi connectivity index (χ4n) is 2.13. The molecule has 19 heavy (non-hydrogen) atoms. The minimum absolute atomic E-state index is 0.275. The summed E-state index contributed by atoms with van der Waals surface area (Å²) < 4.78 is 11.2. The van der Waals surface area contributed by atoms with Crippen molar-refractivity contribution < 1.29 is 19.1 Å². The lowest BCUT2D eigenvalue weighted by Gasteiger charge is -2.15. The average Bonchev–Trinajstić information content (AvgIpc) is 2.85. The Hall–Kier alpha value is -2.49. The topological polar surface area (TPSA) is 59.7 Å². The Morgan fingerprint density at radius 2 is 2.05 bits per heavy atom. The van der Waals surface area contributed by atoms with Crippen molar-refractivity contribution >= 4 is 12.0 Å². The number of rotatable bonds is 2. The first-order chi connectivity index (χ1) is 9.24. The molecule has 0 spiro atoms. The van der Waals surface area contributed by atoms with Crippen LogP contribution in [-0.2, 0) is 4.79 Å². The molecule has 0 saturated carbocycles. The van der Waals surface area contributed by atoms with Crippen LogP contribution in [0.5, 0.6) is 5.75 Å². The molecule has 0 amide bonds. The molecule has 1 aliphatic rings. The standard InChI is InChI=1S/C15H12O4/c16-15(17)11-8-10-4-1-2-5-12(10)19-14(9-11)13-6-3-7-18-13/h1-8,14H,9H2,(H,16,17). The third-order valence-corrected chi connectivity index (χ3v) is 3.06. The van der Waals surface area contributed by atoms with E-state index in [4.69, 9.17) is 9.15 Å². The lowest BCUT2D eigenvalue weighted by Crippen LogP contribution is -2.10. The van der Waals surface area contributed by atoms with Gasteiger partial charge in [-0.1, -0.05) is 18.2 Å². The fraction of sp³-hybridized carbons (Fsp3) is 0.133. The number of hydrogen-bond donors (Lipinski definition) is 1. The van der Waals surface area contributed by atoms with Gasteiger partial charge in [0.2, 0.25) is 0 Å². The van der Waals surface area contributed by atoms with Gasteiger partial charge in [-0.25, -0.2) is 4.79 Å². The monoisotopic (exact) mass is 256 g/mol. The van der Waals surface area contributed by atoms with Crippen LogP contribution in [0, 0.1) is 0 Å². The van der Waals surface area contributed by atoms with Crippen molar-refractivity contribution in [1.29, 1.82) is 0 Å². The quantitative estimate of drug-likeness (QED) is 0.895. The van der Waals surface area contributed by atoms with Crippen molar-refractivity contribution in [1.82, 2.24) is 0 Å². The van der Waals surface area contributed by atoms with Gasteiger partial charge in [0.1, 0.15) is 11.5 Å². The third kappa shape index (κ3) is 2.25. The molecule has 1 aromatic heterocycles. The zero-order valence-electron chi connectivity index (χ0n) is 10.1. The number of aliphatic carboxylic acids is 1. The summed E-state index contributed by atoms with van der Waals surface area (Å²) in [6.45, 7) is 0. The highest BCUT2D eigenvalue weighted by Crippen LogP contribution is 2.35. The molecule has 1 unspecified atom stereocenters. The highest BCUT2D eigenvalue weighted by Gasteiger charge is 2.25. The minimum Gasteiger partial charge on any atom is -0.482 e. The normalized spacial score (nSPS) is 17.9. The zero-order valence-corrected chi connectivity index (χ0v) is 10.1. The highest BCUT2D eigenvalue weighted by atomic mass is 16.5. The fourth-order valence-corrected chi connectivity index (χ4v) is 2.13. The van der Waals surface area contributed by atoms with Crippen molar-refractivity contribution in [3.8, 4) is 5.75 Å². The molecule has 0 saturated heterocycles. The Bertz CT molecular complexity index is 625. The molecule has 2 aromatic rings. The number of carbonyl (C=O) groups is 1. The molecule has 0 bridgehead atoms. The van der Waals surface area contributed by atoms with E-state index >= 15 is 0 Å². The lowest BCUT2D eigenvalue weighted by molar-refractivity contribution is -0.132. The molecular weight excluding hydrogens is 244 g/mol. The number of ether oxygens (including phenoxy) is 1. The number of hydrogen-bond acceptors (Lipinski definition) is 3. The second-order valence-electron chi connectivity index (χ2n) is 4.34.